The quantitative estimate of drug-likeness (QED) is 0.333. The van der Waals surface area contributed by atoms with Gasteiger partial charge < -0.3 is 4.74 Å². The molecule has 0 aliphatic carbocycles. The zero-order valence-corrected chi connectivity index (χ0v) is 7.30. The second-order valence-electron chi connectivity index (χ2n) is 2.40. The SMILES string of the molecule is BC=CCCCCOC(C)=O. The Bertz CT molecular complexity index is 132. The number of carbonyl (C=O) groups excluding carboxylic acids is 1. The summed E-state index contributed by atoms with van der Waals surface area (Å²) in [4.78, 5) is 10.3. The van der Waals surface area contributed by atoms with Gasteiger partial charge in [0, 0.05) is 6.92 Å². The van der Waals surface area contributed by atoms with E-state index in [1.165, 1.54) is 6.92 Å². The average Bonchev–Trinajstić information content (AvgIpc) is 1.96. The number of ether oxygens (including phenoxy) is 1. The van der Waals surface area contributed by atoms with E-state index in [0.717, 1.165) is 19.3 Å². The highest BCUT2D eigenvalue weighted by Crippen LogP contribution is 1.96. The molecule has 0 aromatic heterocycles. The highest BCUT2D eigenvalue weighted by atomic mass is 16.5. The summed E-state index contributed by atoms with van der Waals surface area (Å²) in [6.45, 7) is 2.00. The summed E-state index contributed by atoms with van der Waals surface area (Å²) in [6.07, 6.45) is 5.26. The van der Waals surface area contributed by atoms with Crippen LogP contribution in [-0.4, -0.2) is 20.4 Å². The van der Waals surface area contributed by atoms with E-state index in [2.05, 4.69) is 6.08 Å². The van der Waals surface area contributed by atoms with E-state index < -0.39 is 0 Å². The molecule has 0 amide bonds. The Morgan fingerprint density at radius 2 is 2.27 bits per heavy atom. The average molecular weight is 154 g/mol. The molecule has 0 aromatic carbocycles. The van der Waals surface area contributed by atoms with E-state index in [1.54, 1.807) is 0 Å². The van der Waals surface area contributed by atoms with Crippen LogP contribution in [0.5, 0.6) is 0 Å². The van der Waals surface area contributed by atoms with Crippen LogP contribution in [0.25, 0.3) is 0 Å². The second kappa shape index (κ2) is 7.38. The molecule has 0 spiro atoms. The number of hydrogen-bond donors (Lipinski definition) is 0. The fraction of sp³-hybridized carbons (Fsp3) is 0.625. The van der Waals surface area contributed by atoms with Crippen molar-refractivity contribution in [2.75, 3.05) is 6.61 Å². The van der Waals surface area contributed by atoms with Crippen LogP contribution >= 0.6 is 0 Å². The lowest BCUT2D eigenvalue weighted by Crippen LogP contribution is -1.99. The maximum atomic E-state index is 10.3. The fourth-order valence-corrected chi connectivity index (χ4v) is 0.747. The van der Waals surface area contributed by atoms with Gasteiger partial charge in [0.25, 0.3) is 0 Å². The lowest BCUT2D eigenvalue weighted by atomic mass is 10.1. The molecule has 0 aromatic rings. The number of hydrogen-bond acceptors (Lipinski definition) is 2. The van der Waals surface area contributed by atoms with Crippen LogP contribution in [0.15, 0.2) is 12.1 Å². The molecule has 0 rings (SSSR count). The molecular formula is C8H15BO2. The normalized spacial score (nSPS) is 10.3. The molecule has 0 atom stereocenters. The summed E-state index contributed by atoms with van der Waals surface area (Å²) in [5.41, 5.74) is 0. The van der Waals surface area contributed by atoms with E-state index in [9.17, 15) is 4.79 Å². The molecule has 3 heteroatoms. The van der Waals surface area contributed by atoms with Crippen LogP contribution in [0, 0.1) is 0 Å². The smallest absolute Gasteiger partial charge is 0.302 e. The van der Waals surface area contributed by atoms with E-state index in [1.807, 2.05) is 13.8 Å². The van der Waals surface area contributed by atoms with Gasteiger partial charge in [-0.15, -0.1) is 5.98 Å². The zero-order chi connectivity index (χ0) is 8.53. The van der Waals surface area contributed by atoms with Crippen molar-refractivity contribution in [2.24, 2.45) is 0 Å². The van der Waals surface area contributed by atoms with Crippen LogP contribution in [-0.2, 0) is 9.53 Å². The molecular weight excluding hydrogens is 139 g/mol. The Kier molecular flexibility index (Phi) is 6.90. The molecule has 2 nitrogen and oxygen atoms in total. The predicted octanol–water partition coefficient (Wildman–Crippen LogP) is 0.867. The number of esters is 1. The Hall–Kier alpha value is -0.725. The summed E-state index contributed by atoms with van der Waals surface area (Å²) in [6, 6.07) is 0. The maximum Gasteiger partial charge on any atom is 0.302 e. The van der Waals surface area contributed by atoms with Gasteiger partial charge in [-0.1, -0.05) is 6.08 Å². The first-order valence-electron chi connectivity index (χ1n) is 4.02. The van der Waals surface area contributed by atoms with Crippen molar-refractivity contribution in [3.05, 3.63) is 12.1 Å². The molecule has 0 saturated carbocycles. The molecule has 0 unspecified atom stereocenters. The van der Waals surface area contributed by atoms with Gasteiger partial charge in [0.15, 0.2) is 0 Å². The first-order valence-corrected chi connectivity index (χ1v) is 4.02. The first-order chi connectivity index (χ1) is 5.27. The lowest BCUT2D eigenvalue weighted by molar-refractivity contribution is -0.141. The number of allylic oxidation sites excluding steroid dienone is 1. The molecule has 11 heavy (non-hydrogen) atoms. The third-order valence-corrected chi connectivity index (χ3v) is 1.31. The van der Waals surface area contributed by atoms with Gasteiger partial charge in [-0.25, -0.2) is 0 Å². The highest BCUT2D eigenvalue weighted by molar-refractivity contribution is 6.16. The third kappa shape index (κ3) is 9.27. The molecule has 0 bridgehead atoms. The zero-order valence-electron chi connectivity index (χ0n) is 7.30. The fourth-order valence-electron chi connectivity index (χ4n) is 0.747. The molecule has 62 valence electrons. The lowest BCUT2D eigenvalue weighted by Gasteiger charge is -1.98. The van der Waals surface area contributed by atoms with E-state index in [4.69, 9.17) is 4.74 Å². The summed E-state index contributed by atoms with van der Waals surface area (Å²) < 4.78 is 4.76. The van der Waals surface area contributed by atoms with E-state index in [-0.39, 0.29) is 5.97 Å². The molecule has 0 saturated heterocycles. The van der Waals surface area contributed by atoms with Gasteiger partial charge in [0.1, 0.15) is 7.85 Å². The summed E-state index contributed by atoms with van der Waals surface area (Å²) in [5.74, 6) is 1.85. The van der Waals surface area contributed by atoms with Crippen LogP contribution < -0.4 is 0 Å². The van der Waals surface area contributed by atoms with Gasteiger partial charge in [0.2, 0.25) is 0 Å². The van der Waals surface area contributed by atoms with Crippen molar-refractivity contribution in [2.45, 2.75) is 26.2 Å². The minimum Gasteiger partial charge on any atom is -0.466 e. The molecule has 0 aliphatic heterocycles. The van der Waals surface area contributed by atoms with Crippen LogP contribution in [0.4, 0.5) is 0 Å². The minimum atomic E-state index is -0.184. The Morgan fingerprint density at radius 1 is 1.55 bits per heavy atom. The highest BCUT2D eigenvalue weighted by Gasteiger charge is 1.90. The summed E-state index contributed by atoms with van der Waals surface area (Å²) in [7, 11) is 2.01. The Morgan fingerprint density at radius 3 is 2.82 bits per heavy atom. The summed E-state index contributed by atoms with van der Waals surface area (Å²) in [5, 5.41) is 0. The molecule has 0 fully saturated rings. The molecule has 0 N–H and O–H groups in total. The van der Waals surface area contributed by atoms with E-state index in [0.29, 0.717) is 6.61 Å². The second-order valence-corrected chi connectivity index (χ2v) is 2.40. The van der Waals surface area contributed by atoms with Crippen molar-refractivity contribution < 1.29 is 9.53 Å². The van der Waals surface area contributed by atoms with Gasteiger partial charge in [-0.05, 0) is 19.3 Å². The van der Waals surface area contributed by atoms with Gasteiger partial charge in [0.05, 0.1) is 6.61 Å². The van der Waals surface area contributed by atoms with Crippen molar-refractivity contribution in [3.8, 4) is 0 Å². The Balaban J connectivity index is 2.96. The van der Waals surface area contributed by atoms with Gasteiger partial charge >= 0.3 is 5.97 Å². The molecule has 0 aliphatic rings. The van der Waals surface area contributed by atoms with Crippen LogP contribution in [0.1, 0.15) is 26.2 Å². The van der Waals surface area contributed by atoms with Gasteiger partial charge in [-0.2, -0.15) is 0 Å². The maximum absolute atomic E-state index is 10.3. The third-order valence-electron chi connectivity index (χ3n) is 1.31. The number of rotatable bonds is 5. The molecule has 0 radical (unpaired) electrons. The van der Waals surface area contributed by atoms with Crippen molar-refractivity contribution in [1.82, 2.24) is 0 Å². The van der Waals surface area contributed by atoms with Crippen molar-refractivity contribution in [3.63, 3.8) is 0 Å². The van der Waals surface area contributed by atoms with Crippen molar-refractivity contribution >= 4 is 13.8 Å². The molecule has 0 heterocycles. The minimum absolute atomic E-state index is 0.184. The monoisotopic (exact) mass is 154 g/mol. The van der Waals surface area contributed by atoms with Gasteiger partial charge in [-0.3, -0.25) is 4.79 Å². The van der Waals surface area contributed by atoms with Crippen LogP contribution in [0.3, 0.4) is 0 Å². The number of unbranched alkanes of at least 4 members (excludes halogenated alkanes) is 2. The van der Waals surface area contributed by atoms with Crippen LogP contribution in [0.2, 0.25) is 0 Å². The topological polar surface area (TPSA) is 26.3 Å². The van der Waals surface area contributed by atoms with Crippen molar-refractivity contribution in [1.29, 1.82) is 0 Å². The summed E-state index contributed by atoms with van der Waals surface area (Å²) >= 11 is 0. The largest absolute Gasteiger partial charge is 0.466 e. The Labute approximate surface area is 69.0 Å². The predicted molar refractivity (Wildman–Crippen MR) is 48.2 cm³/mol. The standard InChI is InChI=1S/C8H15BO2/c1-8(10)11-7-5-3-2-4-6-9/h4,6H,2-3,5,7,9H2,1H3. The first kappa shape index (κ1) is 10.3. The van der Waals surface area contributed by atoms with E-state index >= 15 is 0 Å². The number of carbonyl (C=O) groups is 1.